The molecule has 0 saturated carbocycles. The molecule has 0 radical (unpaired) electrons. The van der Waals surface area contributed by atoms with Gasteiger partial charge in [-0.25, -0.2) is 0 Å². The van der Waals surface area contributed by atoms with E-state index in [9.17, 15) is 0 Å². The maximum Gasteiger partial charge on any atom is 0.119 e. The van der Waals surface area contributed by atoms with Gasteiger partial charge in [-0.2, -0.15) is 0 Å². The number of benzene rings is 1. The van der Waals surface area contributed by atoms with Crippen molar-refractivity contribution in [2.24, 2.45) is 0 Å². The van der Waals surface area contributed by atoms with Gasteiger partial charge in [0, 0.05) is 5.56 Å². The first-order valence-electron chi connectivity index (χ1n) is 5.83. The predicted molar refractivity (Wildman–Crippen MR) is 84.2 cm³/mol. The van der Waals surface area contributed by atoms with E-state index >= 15 is 0 Å². The van der Waals surface area contributed by atoms with Gasteiger partial charge in [0.2, 0.25) is 0 Å². The lowest BCUT2D eigenvalue weighted by atomic mass is 10.1. The highest BCUT2D eigenvalue weighted by Crippen LogP contribution is 2.40. The number of alkyl halides is 1. The van der Waals surface area contributed by atoms with Crippen molar-refractivity contribution in [1.29, 1.82) is 0 Å². The minimum atomic E-state index is -0.302. The zero-order valence-electron chi connectivity index (χ0n) is 10.5. The van der Waals surface area contributed by atoms with Crippen LogP contribution in [0.1, 0.15) is 30.4 Å². The Morgan fingerprint density at radius 3 is 2.21 bits per heavy atom. The summed E-state index contributed by atoms with van der Waals surface area (Å²) in [7, 11) is 0. The first kappa shape index (κ1) is 15.0. The van der Waals surface area contributed by atoms with Gasteiger partial charge >= 0.3 is 0 Å². The highest BCUT2D eigenvalue weighted by atomic mass is 35.5. The summed E-state index contributed by atoms with van der Waals surface area (Å²) in [5, 5.41) is -0.302. The highest BCUT2D eigenvalue weighted by molar-refractivity contribution is 7.20. The second-order valence-corrected chi connectivity index (χ2v) is 7.10. The summed E-state index contributed by atoms with van der Waals surface area (Å²) in [5.41, 5.74) is 1.81. The number of thiophene rings is 1. The third kappa shape index (κ3) is 3.79. The summed E-state index contributed by atoms with van der Waals surface area (Å²) in [6, 6.07) is 9.51. The van der Waals surface area contributed by atoms with Crippen molar-refractivity contribution < 1.29 is 4.74 Å². The Morgan fingerprint density at radius 1 is 1.11 bits per heavy atom. The SMILES string of the molecule is CC(C)Oc1ccc(C(Cl)c2cc(Cl)sc2Cl)cc1. The van der Waals surface area contributed by atoms with Crippen molar-refractivity contribution in [3.05, 3.63) is 50.1 Å². The molecule has 1 unspecified atom stereocenters. The Hall–Kier alpha value is -0.410. The molecule has 0 spiro atoms. The van der Waals surface area contributed by atoms with E-state index in [-0.39, 0.29) is 11.5 Å². The fraction of sp³-hybridized carbons (Fsp3) is 0.286. The van der Waals surface area contributed by atoms with Crippen LogP contribution in [-0.2, 0) is 0 Å². The summed E-state index contributed by atoms with van der Waals surface area (Å²) >= 11 is 19.8. The molecular formula is C14H13Cl3OS. The summed E-state index contributed by atoms with van der Waals surface area (Å²) < 4.78 is 6.87. The monoisotopic (exact) mass is 334 g/mol. The zero-order chi connectivity index (χ0) is 14.0. The van der Waals surface area contributed by atoms with Crippen molar-refractivity contribution in [3.8, 4) is 5.75 Å². The van der Waals surface area contributed by atoms with Crippen LogP contribution in [0.25, 0.3) is 0 Å². The lowest BCUT2D eigenvalue weighted by molar-refractivity contribution is 0.242. The Labute approximate surface area is 132 Å². The average Bonchev–Trinajstić information content (AvgIpc) is 2.68. The molecule has 19 heavy (non-hydrogen) atoms. The topological polar surface area (TPSA) is 9.23 Å². The Morgan fingerprint density at radius 2 is 1.74 bits per heavy atom. The largest absolute Gasteiger partial charge is 0.491 e. The minimum absolute atomic E-state index is 0.155. The van der Waals surface area contributed by atoms with Gasteiger partial charge in [0.15, 0.2) is 0 Å². The molecule has 0 bridgehead atoms. The standard InChI is InChI=1S/C14H13Cl3OS/c1-8(2)18-10-5-3-9(4-6-10)13(16)11-7-12(15)19-14(11)17/h3-8,13H,1-2H3. The van der Waals surface area contributed by atoms with Gasteiger partial charge in [-0.1, -0.05) is 35.3 Å². The van der Waals surface area contributed by atoms with Gasteiger partial charge in [-0.15, -0.1) is 22.9 Å². The van der Waals surface area contributed by atoms with Crippen molar-refractivity contribution in [2.75, 3.05) is 0 Å². The smallest absolute Gasteiger partial charge is 0.119 e. The van der Waals surface area contributed by atoms with Crippen molar-refractivity contribution in [1.82, 2.24) is 0 Å². The first-order chi connectivity index (χ1) is 8.97. The third-order valence-electron chi connectivity index (χ3n) is 2.50. The Balaban J connectivity index is 2.20. The van der Waals surface area contributed by atoms with Crippen LogP contribution in [0.4, 0.5) is 0 Å². The van der Waals surface area contributed by atoms with Crippen LogP contribution < -0.4 is 4.74 Å². The van der Waals surface area contributed by atoms with Crippen molar-refractivity contribution in [2.45, 2.75) is 25.3 Å². The number of hydrogen-bond donors (Lipinski definition) is 0. The molecule has 1 heterocycles. The van der Waals surface area contributed by atoms with Crippen LogP contribution in [0.2, 0.25) is 8.67 Å². The molecule has 5 heteroatoms. The molecule has 0 fully saturated rings. The van der Waals surface area contributed by atoms with E-state index < -0.39 is 0 Å². The molecule has 0 aliphatic carbocycles. The van der Waals surface area contributed by atoms with Crippen molar-refractivity contribution >= 4 is 46.1 Å². The van der Waals surface area contributed by atoms with E-state index in [1.807, 2.05) is 44.2 Å². The molecule has 102 valence electrons. The Bertz CT molecular complexity index is 548. The molecule has 1 nitrogen and oxygen atoms in total. The zero-order valence-corrected chi connectivity index (χ0v) is 13.6. The predicted octanol–water partition coefficient (Wildman–Crippen LogP) is 6.17. The van der Waals surface area contributed by atoms with Crippen LogP contribution in [0.3, 0.4) is 0 Å². The quantitative estimate of drug-likeness (QED) is 0.607. The van der Waals surface area contributed by atoms with Gasteiger partial charge < -0.3 is 4.74 Å². The van der Waals surface area contributed by atoms with Crippen LogP contribution in [-0.4, -0.2) is 6.10 Å². The van der Waals surface area contributed by atoms with E-state index in [1.165, 1.54) is 11.3 Å². The summed E-state index contributed by atoms with van der Waals surface area (Å²) in [4.78, 5) is 0. The molecule has 0 saturated heterocycles. The van der Waals surface area contributed by atoms with Gasteiger partial charge in [0.25, 0.3) is 0 Å². The van der Waals surface area contributed by atoms with Gasteiger partial charge in [-0.05, 0) is 37.6 Å². The Kier molecular flexibility index (Phi) is 5.02. The van der Waals surface area contributed by atoms with Gasteiger partial charge in [0.05, 0.1) is 20.2 Å². The van der Waals surface area contributed by atoms with Gasteiger partial charge in [0.1, 0.15) is 5.75 Å². The lowest BCUT2D eigenvalue weighted by Crippen LogP contribution is -2.05. The van der Waals surface area contributed by atoms with E-state index in [0.717, 1.165) is 16.9 Å². The maximum atomic E-state index is 6.43. The fourth-order valence-electron chi connectivity index (χ4n) is 1.69. The number of hydrogen-bond acceptors (Lipinski definition) is 2. The molecule has 2 rings (SSSR count). The molecule has 0 aliphatic heterocycles. The molecule has 1 atom stereocenters. The molecule has 0 aliphatic rings. The normalized spacial score (nSPS) is 12.7. The van der Waals surface area contributed by atoms with Gasteiger partial charge in [-0.3, -0.25) is 0 Å². The maximum absolute atomic E-state index is 6.43. The lowest BCUT2D eigenvalue weighted by Gasteiger charge is -2.12. The first-order valence-corrected chi connectivity index (χ1v) is 7.83. The van der Waals surface area contributed by atoms with E-state index in [4.69, 9.17) is 39.5 Å². The molecular weight excluding hydrogens is 323 g/mol. The van der Waals surface area contributed by atoms with E-state index in [1.54, 1.807) is 0 Å². The summed E-state index contributed by atoms with van der Waals surface area (Å²) in [6.45, 7) is 3.98. The van der Waals surface area contributed by atoms with Crippen LogP contribution in [0.15, 0.2) is 30.3 Å². The summed E-state index contributed by atoms with van der Waals surface area (Å²) in [6.07, 6.45) is 0.155. The fourth-order valence-corrected chi connectivity index (χ4v) is 3.66. The summed E-state index contributed by atoms with van der Waals surface area (Å²) in [5.74, 6) is 0.831. The van der Waals surface area contributed by atoms with E-state index in [2.05, 4.69) is 0 Å². The molecule has 1 aromatic carbocycles. The van der Waals surface area contributed by atoms with Crippen LogP contribution >= 0.6 is 46.1 Å². The third-order valence-corrected chi connectivity index (χ3v) is 4.51. The molecule has 0 amide bonds. The number of halogens is 3. The van der Waals surface area contributed by atoms with Crippen LogP contribution in [0.5, 0.6) is 5.75 Å². The van der Waals surface area contributed by atoms with E-state index in [0.29, 0.717) is 8.67 Å². The minimum Gasteiger partial charge on any atom is -0.491 e. The van der Waals surface area contributed by atoms with Crippen molar-refractivity contribution in [3.63, 3.8) is 0 Å². The molecule has 2 aromatic rings. The average molecular weight is 336 g/mol. The van der Waals surface area contributed by atoms with Crippen LogP contribution in [0, 0.1) is 0 Å². The number of ether oxygens (including phenoxy) is 1. The highest BCUT2D eigenvalue weighted by Gasteiger charge is 2.17. The molecule has 1 aromatic heterocycles. The number of rotatable bonds is 4. The second kappa shape index (κ2) is 6.36. The molecule has 0 N–H and O–H groups in total. The second-order valence-electron chi connectivity index (χ2n) is 4.38.